The van der Waals surface area contributed by atoms with E-state index in [1.165, 1.54) is 111 Å². The van der Waals surface area contributed by atoms with Gasteiger partial charge in [-0.2, -0.15) is 10.2 Å². The minimum absolute atomic E-state index is 0.0257. The molecule has 5 N–H and O–H groups in total. The molecule has 12 aromatic carbocycles. The summed E-state index contributed by atoms with van der Waals surface area (Å²) in [6, 6.07) is 98.0. The second kappa shape index (κ2) is 55.0. The molecule has 0 spiro atoms. The van der Waals surface area contributed by atoms with E-state index in [0.29, 0.717) is 64.6 Å². The normalized spacial score (nSPS) is 10.9. The van der Waals surface area contributed by atoms with Crippen LogP contribution in [0.4, 0.5) is 0 Å². The second-order valence-electron chi connectivity index (χ2n) is 38.9. The van der Waals surface area contributed by atoms with Crippen molar-refractivity contribution in [3.8, 4) is 94.8 Å². The molecule has 0 fully saturated rings. The average molecular weight is 1880 g/mol. The summed E-state index contributed by atoms with van der Waals surface area (Å²) in [5.41, 5.74) is 41.4. The van der Waals surface area contributed by atoms with Gasteiger partial charge < -0.3 is 30.3 Å². The van der Waals surface area contributed by atoms with Gasteiger partial charge in [0.25, 0.3) is 0 Å². The van der Waals surface area contributed by atoms with Gasteiger partial charge in [-0.15, -0.1) is 0 Å². The molecule has 4 aromatic heterocycles. The zero-order chi connectivity index (χ0) is 103. The Bertz CT molecular complexity index is 6290. The highest BCUT2D eigenvalue weighted by Gasteiger charge is 2.17. The van der Waals surface area contributed by atoms with Gasteiger partial charge >= 0.3 is 0 Å². The predicted octanol–water partition coefficient (Wildman–Crippen LogP) is 31.8. The molecule has 0 radical (unpaired) electrons. The Hall–Kier alpha value is -13.4. The van der Waals surface area contributed by atoms with Crippen LogP contribution in [0.3, 0.4) is 0 Å². The lowest BCUT2D eigenvalue weighted by Gasteiger charge is -2.12. The number of aliphatic hydroxyl groups is 5. The van der Waals surface area contributed by atoms with Crippen LogP contribution in [0.1, 0.15) is 282 Å². The number of rotatable bonds is 22. The first-order valence-corrected chi connectivity index (χ1v) is 49.6. The molecule has 16 aromatic rings. The van der Waals surface area contributed by atoms with E-state index in [1.54, 1.807) is 19.5 Å². The van der Waals surface area contributed by atoms with Gasteiger partial charge in [0, 0.05) is 52.6 Å². The largest absolute Gasteiger partial charge is 0.496 e. The van der Waals surface area contributed by atoms with Crippen molar-refractivity contribution in [2.24, 2.45) is 0 Å². The molecule has 141 heavy (non-hydrogen) atoms. The summed E-state index contributed by atoms with van der Waals surface area (Å²) in [5, 5.41) is 54.8. The van der Waals surface area contributed by atoms with Crippen LogP contribution in [-0.2, 0) is 33.0 Å². The zero-order valence-corrected chi connectivity index (χ0v) is 88.3. The fraction of sp³-hybridized carbons (Fsp3) is 0.305. The van der Waals surface area contributed by atoms with Crippen molar-refractivity contribution in [2.75, 3.05) is 7.11 Å². The Labute approximate surface area is 842 Å². The van der Waals surface area contributed by atoms with Gasteiger partial charge in [0.2, 0.25) is 0 Å². The van der Waals surface area contributed by atoms with Gasteiger partial charge in [-0.3, -0.25) is 4.98 Å². The van der Waals surface area contributed by atoms with Gasteiger partial charge in [-0.05, 0) is 261 Å². The van der Waals surface area contributed by atoms with E-state index in [1.807, 2.05) is 76.5 Å². The molecule has 4 heterocycles. The van der Waals surface area contributed by atoms with Crippen molar-refractivity contribution in [3.05, 3.63) is 427 Å². The number of hydrogen-bond acceptors (Lipinski definition) is 13. The summed E-state index contributed by atoms with van der Waals surface area (Å²) in [4.78, 5) is 21.1. The molecule has 13 nitrogen and oxygen atoms in total. The third-order valence-corrected chi connectivity index (χ3v) is 25.4. The molecule has 0 aliphatic carbocycles. The van der Waals surface area contributed by atoms with Gasteiger partial charge in [0.05, 0.1) is 62.9 Å². The predicted molar refractivity (Wildman–Crippen MR) is 591 cm³/mol. The van der Waals surface area contributed by atoms with Crippen LogP contribution in [0.15, 0.2) is 304 Å². The molecule has 0 aliphatic heterocycles. The second-order valence-corrected chi connectivity index (χ2v) is 38.9. The minimum atomic E-state index is -0.0887. The Morgan fingerprint density at radius 3 is 1.04 bits per heavy atom. The van der Waals surface area contributed by atoms with Crippen LogP contribution in [0.25, 0.3) is 89.0 Å². The highest BCUT2D eigenvalue weighted by molar-refractivity contribution is 5.75. The fourth-order valence-electron chi connectivity index (χ4n) is 16.1. The lowest BCUT2D eigenvalue weighted by Crippen LogP contribution is -1.98. The van der Waals surface area contributed by atoms with Crippen molar-refractivity contribution in [1.29, 1.82) is 0 Å². The van der Waals surface area contributed by atoms with Crippen molar-refractivity contribution in [3.63, 3.8) is 0 Å². The first kappa shape index (κ1) is 111. The maximum Gasteiger partial charge on any atom is 0.127 e. The molecule has 0 amide bonds. The number of benzene rings is 12. The molecule has 0 bridgehead atoms. The topological polar surface area (TPSA) is 201 Å². The monoisotopic (exact) mass is 1880 g/mol. The molecular formula is C128H151N7O6. The number of aryl methyl sites for hydroxylation is 8. The Balaban J connectivity index is 0.000000180. The molecular weight excluding hydrogens is 1730 g/mol. The van der Waals surface area contributed by atoms with E-state index in [-0.39, 0.29) is 33.0 Å². The lowest BCUT2D eigenvalue weighted by molar-refractivity contribution is 0.276. The maximum atomic E-state index is 9.45. The number of pyridine rings is 1. The fourth-order valence-corrected chi connectivity index (χ4v) is 16.1. The van der Waals surface area contributed by atoms with Crippen LogP contribution in [0, 0.1) is 62.3 Å². The summed E-state index contributed by atoms with van der Waals surface area (Å²) in [7, 11) is 1.69. The van der Waals surface area contributed by atoms with E-state index in [2.05, 4.69) is 423 Å². The van der Waals surface area contributed by atoms with Gasteiger partial charge in [-0.1, -0.05) is 388 Å². The number of methoxy groups -OCH3 is 1. The number of aliphatic hydroxyl groups excluding tert-OH is 5. The highest BCUT2D eigenvalue weighted by Crippen LogP contribution is 2.37. The summed E-state index contributed by atoms with van der Waals surface area (Å²) in [6.07, 6.45) is 7.14. The maximum absolute atomic E-state index is 9.45. The van der Waals surface area contributed by atoms with Gasteiger partial charge in [0.1, 0.15) is 17.4 Å². The van der Waals surface area contributed by atoms with E-state index in [9.17, 15) is 25.5 Å². The molecule has 734 valence electrons. The zero-order valence-electron chi connectivity index (χ0n) is 88.3. The van der Waals surface area contributed by atoms with E-state index in [0.717, 1.165) is 89.7 Å². The van der Waals surface area contributed by atoms with Gasteiger partial charge in [0.15, 0.2) is 0 Å². The van der Waals surface area contributed by atoms with E-state index in [4.69, 9.17) is 4.74 Å². The molecule has 0 unspecified atom stereocenters. The van der Waals surface area contributed by atoms with Gasteiger partial charge in [-0.25, -0.2) is 19.9 Å². The number of nitrogens with zero attached hydrogens (tertiary/aromatic N) is 7. The summed E-state index contributed by atoms with van der Waals surface area (Å²) in [5.74, 6) is 6.69. The number of hydrogen-bond donors (Lipinski definition) is 5. The molecule has 0 saturated heterocycles. The molecule has 16 rings (SSSR count). The van der Waals surface area contributed by atoms with Crippen LogP contribution >= 0.6 is 0 Å². The minimum Gasteiger partial charge on any atom is -0.496 e. The van der Waals surface area contributed by atoms with Crippen molar-refractivity contribution < 1.29 is 30.3 Å². The first-order valence-electron chi connectivity index (χ1n) is 49.6. The number of aromatic nitrogens is 7. The molecule has 13 heteroatoms. The summed E-state index contributed by atoms with van der Waals surface area (Å²) in [6.45, 7) is 53.5. The molecule has 0 aliphatic rings. The van der Waals surface area contributed by atoms with Crippen LogP contribution in [0.5, 0.6) is 5.75 Å². The lowest BCUT2D eigenvalue weighted by atomic mass is 9.94. The molecule has 0 atom stereocenters. The third kappa shape index (κ3) is 32.6. The van der Waals surface area contributed by atoms with E-state index >= 15 is 0 Å². The van der Waals surface area contributed by atoms with Crippen molar-refractivity contribution >= 4 is 0 Å². The SMILES string of the molecule is CC(C)c1ccc(-c2cccnc2CO)cc1.COc1cc(C(C)C)ccc1-c1cnc(C)nc1.Cc1cc(-c2ccc(C(C)C)cc2)c(CO)nn1.Cc1ccc(-c2ccc(C(C)C)cc2)c(CO)c1.Cc1ccc(C)c(-c2ccc(C(C)C)cc2)c1.Cc1ccc(CO)c(-c2ccc(C(C)C)cc2)c1.Cc1cccc(-c2ccc(C(C)C)cc2)c1C.Cc1ncc(-c2ccc(C(C)C)cc2)c(CO)n1. The first-order chi connectivity index (χ1) is 67.5. The Morgan fingerprint density at radius 1 is 0.241 bits per heavy atom. The average Bonchev–Trinajstić information content (AvgIpc) is 0.940. The Morgan fingerprint density at radius 2 is 0.603 bits per heavy atom. The quantitative estimate of drug-likeness (QED) is 0.0430. The summed E-state index contributed by atoms with van der Waals surface area (Å²) >= 11 is 0. The van der Waals surface area contributed by atoms with E-state index < -0.39 is 0 Å². The highest BCUT2D eigenvalue weighted by atomic mass is 16.5. The van der Waals surface area contributed by atoms with Crippen molar-refractivity contribution in [2.45, 2.75) is 253 Å². The van der Waals surface area contributed by atoms with Crippen LogP contribution in [-0.4, -0.2) is 67.8 Å². The van der Waals surface area contributed by atoms with Crippen LogP contribution < -0.4 is 4.74 Å². The standard InChI is InChI=1S/2C17H20O.2C17H20.3C15H18N2O.C15H17NO/c1-12(2)14-5-7-15(8-6-14)17-9-4-13(3)10-16(17)11-18;1-12(2)14-6-8-15(9-7-14)17-10-13(3)4-5-16(17)11-18;1-12(2)15-7-9-16(10-8-15)17-11-13(3)5-6-14(17)4;1-12(2)15-8-10-16(11-9-15)17-7-5-6-13(3)14(17)4;1-10(2)12-5-6-14(15(7-12)18-4)13-8-16-11(3)17-9-13;1-10(2)12-4-6-13(7-5-12)14-8-16-11(3)17-15(14)9-18;1-10(2)12-4-6-13(7-5-12)14-8-11(3)16-17-15(14)9-18;1-11(2)12-5-7-13(8-6-12)14-4-3-9-16-15(14)10-17/h2*4-10,12,18H,11H2,1-3H3;2*5-12H,1-4H3;5-10H,1-4H3;2*4-8,10,18H,9H2,1-3H3;3-9,11,17H,10H2,1-2H3. The smallest absolute Gasteiger partial charge is 0.127 e. The Kier molecular flexibility index (Phi) is 43.4. The van der Waals surface area contributed by atoms with Crippen molar-refractivity contribution in [1.82, 2.24) is 35.1 Å². The summed E-state index contributed by atoms with van der Waals surface area (Å²) < 4.78 is 5.47. The van der Waals surface area contributed by atoms with Crippen LogP contribution in [0.2, 0.25) is 0 Å². The number of ether oxygens (including phenoxy) is 1. The third-order valence-electron chi connectivity index (χ3n) is 25.4. The molecule has 0 saturated carbocycles.